The molecule has 150 valence electrons. The molecule has 1 heterocycles. The van der Waals surface area contributed by atoms with Crippen molar-refractivity contribution >= 4 is 23.0 Å². The van der Waals surface area contributed by atoms with E-state index in [-0.39, 0.29) is 11.7 Å². The molecule has 0 fully saturated rings. The van der Waals surface area contributed by atoms with Gasteiger partial charge in [0, 0.05) is 35.1 Å². The van der Waals surface area contributed by atoms with Gasteiger partial charge in [0.2, 0.25) is 5.91 Å². The maximum atomic E-state index is 12.3. The van der Waals surface area contributed by atoms with Gasteiger partial charge < -0.3 is 14.4 Å². The Morgan fingerprint density at radius 3 is 2.90 bits per heavy atom. The number of phenolic OH excluding ortho intramolecular Hbond substituents is 1. The van der Waals surface area contributed by atoms with E-state index in [9.17, 15) is 9.90 Å². The third-order valence-corrected chi connectivity index (χ3v) is 5.49. The fourth-order valence-electron chi connectivity index (χ4n) is 4.09. The van der Waals surface area contributed by atoms with Crippen molar-refractivity contribution in [2.45, 2.75) is 38.6 Å². The highest BCUT2D eigenvalue weighted by atomic mass is 16.5. The van der Waals surface area contributed by atoms with Crippen molar-refractivity contribution in [3.63, 3.8) is 0 Å². The normalized spacial score (nSPS) is 13.6. The van der Waals surface area contributed by atoms with Crippen molar-refractivity contribution in [2.75, 3.05) is 7.11 Å². The molecule has 0 unspecified atom stereocenters. The number of methoxy groups -OCH3 is 1. The fourth-order valence-corrected chi connectivity index (χ4v) is 4.09. The Morgan fingerprint density at radius 2 is 2.03 bits per heavy atom. The van der Waals surface area contributed by atoms with Crippen LogP contribution in [0.3, 0.4) is 0 Å². The number of amides is 1. The lowest BCUT2D eigenvalue weighted by molar-refractivity contribution is -0.121. The molecule has 1 aromatic heterocycles. The summed E-state index contributed by atoms with van der Waals surface area (Å²) < 4.78 is 7.36. The van der Waals surface area contributed by atoms with Crippen molar-refractivity contribution in [2.24, 2.45) is 5.10 Å². The van der Waals surface area contributed by atoms with E-state index in [1.54, 1.807) is 18.2 Å². The summed E-state index contributed by atoms with van der Waals surface area (Å²) >= 11 is 0. The van der Waals surface area contributed by atoms with Crippen LogP contribution < -0.4 is 10.2 Å². The molecule has 1 aliphatic rings. The Hall–Kier alpha value is -3.28. The van der Waals surface area contributed by atoms with Gasteiger partial charge in [-0.15, -0.1) is 0 Å². The van der Waals surface area contributed by atoms with E-state index in [0.717, 1.165) is 12.8 Å². The van der Waals surface area contributed by atoms with Gasteiger partial charge >= 0.3 is 0 Å². The molecule has 29 heavy (non-hydrogen) atoms. The summed E-state index contributed by atoms with van der Waals surface area (Å²) in [6.07, 6.45) is 6.37. The topological polar surface area (TPSA) is 75.8 Å². The second-order valence-electron chi connectivity index (χ2n) is 7.24. The summed E-state index contributed by atoms with van der Waals surface area (Å²) in [5, 5.41) is 15.4. The number of fused-ring (bicyclic) bond motifs is 3. The van der Waals surface area contributed by atoms with Crippen molar-refractivity contribution in [1.29, 1.82) is 0 Å². The number of ether oxygens (including phenoxy) is 1. The third kappa shape index (κ3) is 3.83. The van der Waals surface area contributed by atoms with Gasteiger partial charge in [-0.1, -0.05) is 24.3 Å². The molecular formula is C23H25N3O3. The predicted molar refractivity (Wildman–Crippen MR) is 114 cm³/mol. The second-order valence-corrected chi connectivity index (χ2v) is 7.24. The number of aromatic hydroxyl groups is 1. The van der Waals surface area contributed by atoms with Crippen molar-refractivity contribution < 1.29 is 14.6 Å². The smallest absolute Gasteiger partial charge is 0.241 e. The number of carbonyl (C=O) groups is 1. The monoisotopic (exact) mass is 391 g/mol. The van der Waals surface area contributed by atoms with Crippen LogP contribution in [0.25, 0.3) is 10.9 Å². The number of aromatic nitrogens is 1. The standard InChI is InChI=1S/C23H25N3O3/c1-29-21-12-6-7-16(23(21)28)15-24-25-22(27)13-14-26-19-10-4-2-8-17(19)18-9-3-5-11-20(18)26/h2,4,6-8,10,12,15,28H,3,5,9,11,13-14H2,1H3,(H,25,27)/b24-15-. The van der Waals surface area contributed by atoms with Crippen molar-refractivity contribution in [3.8, 4) is 11.5 Å². The number of rotatable bonds is 6. The molecule has 3 aromatic rings. The fraction of sp³-hybridized carbons (Fsp3) is 0.304. The highest BCUT2D eigenvalue weighted by Crippen LogP contribution is 2.32. The van der Waals surface area contributed by atoms with Crippen LogP contribution in [0.2, 0.25) is 0 Å². The Morgan fingerprint density at radius 1 is 1.21 bits per heavy atom. The van der Waals surface area contributed by atoms with E-state index >= 15 is 0 Å². The SMILES string of the molecule is COc1cccc(/C=N\NC(=O)CCn2c3c(c4ccccc42)CCCC3)c1O. The predicted octanol–water partition coefficient (Wildman–Crippen LogP) is 3.77. The molecule has 2 aromatic carbocycles. The van der Waals surface area contributed by atoms with Crippen LogP contribution >= 0.6 is 0 Å². The van der Waals surface area contributed by atoms with Crippen LogP contribution in [-0.2, 0) is 24.2 Å². The minimum absolute atomic E-state index is 0.00145. The molecule has 0 aliphatic heterocycles. The number of benzene rings is 2. The first-order valence-corrected chi connectivity index (χ1v) is 9.96. The lowest BCUT2D eigenvalue weighted by Gasteiger charge is -2.15. The van der Waals surface area contributed by atoms with Gasteiger partial charge in [0.05, 0.1) is 13.3 Å². The zero-order chi connectivity index (χ0) is 20.2. The maximum Gasteiger partial charge on any atom is 0.241 e. The lowest BCUT2D eigenvalue weighted by atomic mass is 9.95. The highest BCUT2D eigenvalue weighted by Gasteiger charge is 2.19. The minimum atomic E-state index is -0.161. The summed E-state index contributed by atoms with van der Waals surface area (Å²) in [4.78, 5) is 12.3. The van der Waals surface area contributed by atoms with Crippen molar-refractivity contribution in [3.05, 3.63) is 59.3 Å². The first kappa shape index (κ1) is 19.1. The van der Waals surface area contributed by atoms with E-state index < -0.39 is 0 Å². The van der Waals surface area contributed by atoms with Crippen LogP contribution in [0.5, 0.6) is 11.5 Å². The van der Waals surface area contributed by atoms with Crippen LogP contribution in [0, 0.1) is 0 Å². The minimum Gasteiger partial charge on any atom is -0.504 e. The van der Waals surface area contributed by atoms with Gasteiger partial charge in [-0.3, -0.25) is 4.79 Å². The Kier molecular flexibility index (Phi) is 5.51. The van der Waals surface area contributed by atoms with E-state index in [0.29, 0.717) is 24.3 Å². The van der Waals surface area contributed by atoms with E-state index in [4.69, 9.17) is 4.74 Å². The van der Waals surface area contributed by atoms with Gasteiger partial charge in [-0.05, 0) is 49.4 Å². The van der Waals surface area contributed by atoms with Crippen LogP contribution in [0.4, 0.5) is 0 Å². The maximum absolute atomic E-state index is 12.3. The molecule has 0 radical (unpaired) electrons. The number of aryl methyl sites for hydroxylation is 2. The molecule has 6 heteroatoms. The van der Waals surface area contributed by atoms with Crippen LogP contribution in [0.15, 0.2) is 47.6 Å². The van der Waals surface area contributed by atoms with Gasteiger partial charge in [0.1, 0.15) is 0 Å². The number of nitrogens with one attached hydrogen (secondary N) is 1. The van der Waals surface area contributed by atoms with Crippen LogP contribution in [-0.4, -0.2) is 28.9 Å². The van der Waals surface area contributed by atoms with E-state index in [1.165, 1.54) is 48.3 Å². The number of phenols is 1. The molecule has 0 spiro atoms. The molecule has 2 N–H and O–H groups in total. The zero-order valence-electron chi connectivity index (χ0n) is 16.5. The summed E-state index contributed by atoms with van der Waals surface area (Å²) in [5.41, 5.74) is 7.05. The quantitative estimate of drug-likeness (QED) is 0.496. The summed E-state index contributed by atoms with van der Waals surface area (Å²) in [5.74, 6) is 0.203. The lowest BCUT2D eigenvalue weighted by Crippen LogP contribution is -2.20. The highest BCUT2D eigenvalue weighted by molar-refractivity contribution is 5.87. The average molecular weight is 391 g/mol. The van der Waals surface area contributed by atoms with Gasteiger partial charge in [-0.2, -0.15) is 5.10 Å². The Bertz CT molecular complexity index is 1070. The number of hydrogen-bond donors (Lipinski definition) is 2. The first-order chi connectivity index (χ1) is 14.2. The number of nitrogens with zero attached hydrogens (tertiary/aromatic N) is 2. The molecule has 1 amide bonds. The van der Waals surface area contributed by atoms with E-state index in [2.05, 4.69) is 39.4 Å². The molecule has 4 rings (SSSR count). The van der Waals surface area contributed by atoms with Gasteiger partial charge in [0.15, 0.2) is 11.5 Å². The molecule has 0 atom stereocenters. The number of hydrazone groups is 1. The molecular weight excluding hydrogens is 366 g/mol. The number of hydrogen-bond acceptors (Lipinski definition) is 4. The first-order valence-electron chi connectivity index (χ1n) is 9.96. The van der Waals surface area contributed by atoms with Gasteiger partial charge in [-0.25, -0.2) is 5.43 Å². The second kappa shape index (κ2) is 8.39. The summed E-state index contributed by atoms with van der Waals surface area (Å²) in [7, 11) is 1.49. The van der Waals surface area contributed by atoms with E-state index in [1.807, 2.05) is 0 Å². The Labute approximate surface area is 169 Å². The number of para-hydroxylation sites is 2. The summed E-state index contributed by atoms with van der Waals surface area (Å²) in [6, 6.07) is 13.6. The zero-order valence-corrected chi connectivity index (χ0v) is 16.5. The molecule has 0 saturated heterocycles. The van der Waals surface area contributed by atoms with Crippen LogP contribution in [0.1, 0.15) is 36.1 Å². The average Bonchev–Trinajstić information content (AvgIpc) is 3.07. The van der Waals surface area contributed by atoms with Gasteiger partial charge in [0.25, 0.3) is 0 Å². The Balaban J connectivity index is 1.43. The third-order valence-electron chi connectivity index (χ3n) is 5.49. The van der Waals surface area contributed by atoms with Crippen molar-refractivity contribution in [1.82, 2.24) is 9.99 Å². The molecule has 0 bridgehead atoms. The largest absolute Gasteiger partial charge is 0.504 e. The summed E-state index contributed by atoms with van der Waals surface area (Å²) in [6.45, 7) is 0.627. The molecule has 6 nitrogen and oxygen atoms in total. The molecule has 0 saturated carbocycles. The molecule has 1 aliphatic carbocycles. The number of carbonyl (C=O) groups excluding carboxylic acids is 1.